The first-order valence-corrected chi connectivity index (χ1v) is 13.1. The van der Waals surface area contributed by atoms with E-state index in [0.29, 0.717) is 26.8 Å². The van der Waals surface area contributed by atoms with Crippen LogP contribution in [0.25, 0.3) is 27.2 Å². The average molecular weight is 500 g/mol. The lowest BCUT2D eigenvalue weighted by molar-refractivity contribution is -0.116. The molecule has 1 amide bonds. The van der Waals surface area contributed by atoms with Gasteiger partial charge in [0, 0.05) is 22.7 Å². The van der Waals surface area contributed by atoms with Crippen LogP contribution in [-0.2, 0) is 11.2 Å². The highest BCUT2D eigenvalue weighted by molar-refractivity contribution is 7.99. The molecule has 0 saturated carbocycles. The summed E-state index contributed by atoms with van der Waals surface area (Å²) < 4.78 is 7.16. The molecule has 1 atom stereocenters. The van der Waals surface area contributed by atoms with Crippen molar-refractivity contribution in [2.24, 2.45) is 0 Å². The lowest BCUT2D eigenvalue weighted by Crippen LogP contribution is -2.37. The van der Waals surface area contributed by atoms with Gasteiger partial charge in [0.2, 0.25) is 5.91 Å². The molecule has 2 aromatic carbocycles. The number of rotatable bonds is 5. The maximum absolute atomic E-state index is 13.8. The standard InChI is InChI=1S/C27H21N3O3S2/c1-17-14-18-8-5-6-11-21(18)29(17)23(31)16-35-27-28-25-24(20(15-34-25)22-12-7-13-33-22)26(32)30(27)19-9-3-2-4-10-19/h2-13,15,17H,14,16H2,1H3/t17-/m0/s1. The van der Waals surface area contributed by atoms with E-state index in [2.05, 4.69) is 13.0 Å². The topological polar surface area (TPSA) is 68.3 Å². The smallest absolute Gasteiger partial charge is 0.268 e. The van der Waals surface area contributed by atoms with Crippen molar-refractivity contribution in [3.8, 4) is 17.0 Å². The summed E-state index contributed by atoms with van der Waals surface area (Å²) in [7, 11) is 0. The molecule has 0 unspecified atom stereocenters. The van der Waals surface area contributed by atoms with Gasteiger partial charge in [0.1, 0.15) is 10.6 Å². The summed E-state index contributed by atoms with van der Waals surface area (Å²) in [4.78, 5) is 34.5. The van der Waals surface area contributed by atoms with E-state index >= 15 is 0 Å². The molecule has 0 N–H and O–H groups in total. The van der Waals surface area contributed by atoms with Crippen molar-refractivity contribution in [3.05, 3.63) is 94.3 Å². The van der Waals surface area contributed by atoms with E-state index < -0.39 is 0 Å². The summed E-state index contributed by atoms with van der Waals surface area (Å²) in [5.74, 6) is 0.816. The van der Waals surface area contributed by atoms with E-state index in [1.807, 2.05) is 64.9 Å². The molecular formula is C27H21N3O3S2. The number of thiophene rings is 1. The van der Waals surface area contributed by atoms with Crippen molar-refractivity contribution in [1.29, 1.82) is 0 Å². The van der Waals surface area contributed by atoms with Crippen LogP contribution in [0.15, 0.2) is 92.7 Å². The van der Waals surface area contributed by atoms with Gasteiger partial charge in [-0.05, 0) is 49.2 Å². The number of nitrogens with zero attached hydrogens (tertiary/aromatic N) is 3. The number of thioether (sulfide) groups is 1. The summed E-state index contributed by atoms with van der Waals surface area (Å²) >= 11 is 2.70. The molecule has 0 radical (unpaired) electrons. The highest BCUT2D eigenvalue weighted by atomic mass is 32.2. The van der Waals surface area contributed by atoms with E-state index in [0.717, 1.165) is 17.7 Å². The van der Waals surface area contributed by atoms with Crippen LogP contribution in [0.3, 0.4) is 0 Å². The van der Waals surface area contributed by atoms with Gasteiger partial charge in [0.15, 0.2) is 5.16 Å². The van der Waals surface area contributed by atoms with Crippen molar-refractivity contribution in [1.82, 2.24) is 9.55 Å². The third-order valence-electron chi connectivity index (χ3n) is 6.18. The van der Waals surface area contributed by atoms with Gasteiger partial charge < -0.3 is 9.32 Å². The Morgan fingerprint density at radius 3 is 2.71 bits per heavy atom. The Labute approximate surface area is 209 Å². The van der Waals surface area contributed by atoms with E-state index in [1.165, 1.54) is 28.7 Å². The fourth-order valence-electron chi connectivity index (χ4n) is 4.63. The van der Waals surface area contributed by atoms with E-state index in [9.17, 15) is 9.59 Å². The Hall–Kier alpha value is -3.62. The lowest BCUT2D eigenvalue weighted by Gasteiger charge is -2.22. The summed E-state index contributed by atoms with van der Waals surface area (Å²) in [6, 6.07) is 21.2. The molecule has 5 aromatic rings. The minimum atomic E-state index is -0.177. The van der Waals surface area contributed by atoms with Crippen molar-refractivity contribution in [2.75, 3.05) is 10.7 Å². The van der Waals surface area contributed by atoms with Crippen LogP contribution in [0.2, 0.25) is 0 Å². The third kappa shape index (κ3) is 3.79. The maximum Gasteiger partial charge on any atom is 0.268 e. The predicted molar refractivity (Wildman–Crippen MR) is 141 cm³/mol. The zero-order chi connectivity index (χ0) is 23.9. The number of hydrogen-bond donors (Lipinski definition) is 0. The third-order valence-corrected chi connectivity index (χ3v) is 7.97. The number of fused-ring (bicyclic) bond motifs is 2. The quantitative estimate of drug-likeness (QED) is 0.227. The largest absolute Gasteiger partial charge is 0.464 e. The summed E-state index contributed by atoms with van der Waals surface area (Å²) in [5, 5.41) is 2.91. The molecule has 0 saturated heterocycles. The minimum absolute atomic E-state index is 0.00358. The molecule has 6 rings (SSSR count). The SMILES string of the molecule is C[C@H]1Cc2ccccc2N1C(=O)CSc1nc2scc(-c3ccco3)c2c(=O)n1-c1ccccc1. The molecule has 4 heterocycles. The maximum atomic E-state index is 13.8. The molecule has 0 aliphatic carbocycles. The molecule has 174 valence electrons. The first-order chi connectivity index (χ1) is 17.1. The first-order valence-electron chi connectivity index (χ1n) is 11.3. The van der Waals surface area contributed by atoms with Crippen molar-refractivity contribution >= 4 is 44.9 Å². The number of amides is 1. The number of aromatic nitrogens is 2. The zero-order valence-corrected chi connectivity index (χ0v) is 20.5. The second-order valence-electron chi connectivity index (χ2n) is 8.41. The summed E-state index contributed by atoms with van der Waals surface area (Å²) in [6.45, 7) is 2.06. The number of benzene rings is 2. The zero-order valence-electron chi connectivity index (χ0n) is 18.9. The van der Waals surface area contributed by atoms with Gasteiger partial charge in [0.25, 0.3) is 5.56 Å². The van der Waals surface area contributed by atoms with Gasteiger partial charge in [0.05, 0.1) is 23.1 Å². The molecule has 3 aromatic heterocycles. The van der Waals surface area contributed by atoms with Crippen LogP contribution in [0.1, 0.15) is 12.5 Å². The van der Waals surface area contributed by atoms with Crippen LogP contribution >= 0.6 is 23.1 Å². The monoisotopic (exact) mass is 499 g/mol. The Kier molecular flexibility index (Phi) is 5.54. The van der Waals surface area contributed by atoms with Crippen LogP contribution in [0.5, 0.6) is 0 Å². The van der Waals surface area contributed by atoms with Gasteiger partial charge in [-0.15, -0.1) is 11.3 Å². The molecule has 35 heavy (non-hydrogen) atoms. The number of hydrogen-bond acceptors (Lipinski definition) is 6. The van der Waals surface area contributed by atoms with E-state index in [4.69, 9.17) is 9.40 Å². The van der Waals surface area contributed by atoms with Crippen molar-refractivity contribution in [2.45, 2.75) is 24.5 Å². The highest BCUT2D eigenvalue weighted by Gasteiger charge is 2.31. The van der Waals surface area contributed by atoms with Crippen LogP contribution in [0, 0.1) is 0 Å². The average Bonchev–Trinajstić information content (AvgIpc) is 3.61. The molecule has 0 bridgehead atoms. The van der Waals surface area contributed by atoms with Gasteiger partial charge in [-0.25, -0.2) is 4.98 Å². The van der Waals surface area contributed by atoms with Gasteiger partial charge in [-0.1, -0.05) is 48.2 Å². The summed E-state index contributed by atoms with van der Waals surface area (Å²) in [6.07, 6.45) is 2.44. The highest BCUT2D eigenvalue weighted by Crippen LogP contribution is 2.35. The summed E-state index contributed by atoms with van der Waals surface area (Å²) in [5.41, 5.74) is 3.41. The van der Waals surface area contributed by atoms with Crippen molar-refractivity contribution < 1.29 is 9.21 Å². The van der Waals surface area contributed by atoms with Gasteiger partial charge in [-0.3, -0.25) is 14.2 Å². The Balaban J connectivity index is 1.40. The molecule has 1 aliphatic heterocycles. The van der Waals surface area contributed by atoms with Gasteiger partial charge >= 0.3 is 0 Å². The second-order valence-corrected chi connectivity index (χ2v) is 10.2. The Morgan fingerprint density at radius 2 is 1.91 bits per heavy atom. The number of furan rings is 1. The fourth-order valence-corrected chi connectivity index (χ4v) is 6.47. The second kappa shape index (κ2) is 8.87. The number of carbonyl (C=O) groups is 1. The molecule has 8 heteroatoms. The lowest BCUT2D eigenvalue weighted by atomic mass is 10.1. The van der Waals surface area contributed by atoms with E-state index in [-0.39, 0.29) is 23.3 Å². The van der Waals surface area contributed by atoms with Crippen LogP contribution < -0.4 is 10.5 Å². The normalized spacial score (nSPS) is 15.0. The number of carbonyl (C=O) groups excluding carboxylic acids is 1. The minimum Gasteiger partial charge on any atom is -0.464 e. The molecular weight excluding hydrogens is 478 g/mol. The fraction of sp³-hybridized carbons (Fsp3) is 0.148. The number of anilines is 1. The first kappa shape index (κ1) is 21.9. The Morgan fingerprint density at radius 1 is 1.11 bits per heavy atom. The molecule has 0 spiro atoms. The van der Waals surface area contributed by atoms with Crippen LogP contribution in [0.4, 0.5) is 5.69 Å². The Bertz CT molecular complexity index is 1590. The molecule has 6 nitrogen and oxygen atoms in total. The van der Waals surface area contributed by atoms with Crippen LogP contribution in [-0.4, -0.2) is 27.3 Å². The van der Waals surface area contributed by atoms with E-state index in [1.54, 1.807) is 16.9 Å². The molecule has 0 fully saturated rings. The molecule has 1 aliphatic rings. The van der Waals surface area contributed by atoms with Gasteiger partial charge in [-0.2, -0.15) is 0 Å². The predicted octanol–water partition coefficient (Wildman–Crippen LogP) is 5.78. The number of para-hydroxylation sites is 2. The van der Waals surface area contributed by atoms with Crippen molar-refractivity contribution in [3.63, 3.8) is 0 Å².